The molecule has 1 fully saturated rings. The van der Waals surface area contributed by atoms with E-state index in [0.29, 0.717) is 12.2 Å². The molecule has 0 aromatic heterocycles. The molecule has 1 aromatic rings. The molecule has 1 aromatic carbocycles. The van der Waals surface area contributed by atoms with Crippen LogP contribution in [-0.2, 0) is 10.0 Å². The molecule has 1 aliphatic rings. The highest BCUT2D eigenvalue weighted by atomic mass is 32.2. The number of nitrogens with zero attached hydrogens (tertiary/aromatic N) is 2. The zero-order valence-corrected chi connectivity index (χ0v) is 11.9. The number of anilines is 1. The van der Waals surface area contributed by atoms with E-state index in [0.717, 1.165) is 12.8 Å². The summed E-state index contributed by atoms with van der Waals surface area (Å²) in [6.07, 6.45) is 1.66. The van der Waals surface area contributed by atoms with Crippen LogP contribution in [0, 0.1) is 11.3 Å². The third-order valence-corrected chi connectivity index (χ3v) is 5.69. The van der Waals surface area contributed by atoms with Crippen LogP contribution in [-0.4, -0.2) is 24.8 Å². The Labute approximate surface area is 113 Å². The minimum absolute atomic E-state index is 0.0409. The fourth-order valence-corrected chi connectivity index (χ4v) is 4.48. The highest BCUT2D eigenvalue weighted by Crippen LogP contribution is 2.35. The van der Waals surface area contributed by atoms with Crippen molar-refractivity contribution in [2.45, 2.75) is 37.1 Å². The Morgan fingerprint density at radius 3 is 2.63 bits per heavy atom. The largest absolute Gasteiger partial charge is 0.399 e. The summed E-state index contributed by atoms with van der Waals surface area (Å²) in [5, 5.41) is 9.09. The third kappa shape index (κ3) is 2.31. The molecule has 0 amide bonds. The smallest absolute Gasteiger partial charge is 0.244 e. The molecule has 0 aliphatic carbocycles. The first kappa shape index (κ1) is 13.8. The summed E-state index contributed by atoms with van der Waals surface area (Å²) in [5.74, 6) is 0. The molecule has 2 rings (SSSR count). The van der Waals surface area contributed by atoms with E-state index in [-0.39, 0.29) is 10.5 Å². The maximum Gasteiger partial charge on any atom is 0.244 e. The molecular formula is C13H17N3O2S. The first-order valence-corrected chi connectivity index (χ1v) is 7.55. The summed E-state index contributed by atoms with van der Waals surface area (Å²) >= 11 is 0. The number of hydrogen-bond donors (Lipinski definition) is 1. The average molecular weight is 279 g/mol. The van der Waals surface area contributed by atoms with E-state index >= 15 is 0 Å². The maximum atomic E-state index is 12.7. The van der Waals surface area contributed by atoms with Crippen LogP contribution in [0.3, 0.4) is 0 Å². The Bertz CT molecular complexity index is 644. The Morgan fingerprint density at radius 2 is 2.11 bits per heavy atom. The van der Waals surface area contributed by atoms with Gasteiger partial charge >= 0.3 is 0 Å². The van der Waals surface area contributed by atoms with E-state index in [1.54, 1.807) is 0 Å². The van der Waals surface area contributed by atoms with Crippen molar-refractivity contribution in [3.8, 4) is 6.07 Å². The van der Waals surface area contributed by atoms with Crippen LogP contribution < -0.4 is 5.73 Å². The number of nitrogen functional groups attached to an aromatic ring is 1. The summed E-state index contributed by atoms with van der Waals surface area (Å²) in [6, 6.07) is 6.23. The van der Waals surface area contributed by atoms with Crippen molar-refractivity contribution in [3.05, 3.63) is 23.8 Å². The van der Waals surface area contributed by atoms with Crippen LogP contribution >= 0.6 is 0 Å². The van der Waals surface area contributed by atoms with Crippen LogP contribution in [0.1, 0.15) is 32.3 Å². The van der Waals surface area contributed by atoms with Gasteiger partial charge in [-0.2, -0.15) is 9.57 Å². The van der Waals surface area contributed by atoms with E-state index in [2.05, 4.69) is 0 Å². The van der Waals surface area contributed by atoms with Crippen molar-refractivity contribution >= 4 is 15.7 Å². The molecule has 5 nitrogen and oxygen atoms in total. The molecule has 0 atom stereocenters. The van der Waals surface area contributed by atoms with Crippen LogP contribution in [0.15, 0.2) is 23.1 Å². The molecule has 0 unspecified atom stereocenters. The predicted octanol–water partition coefficient (Wildman–Crippen LogP) is 1.70. The van der Waals surface area contributed by atoms with Crippen LogP contribution in [0.5, 0.6) is 0 Å². The summed E-state index contributed by atoms with van der Waals surface area (Å²) in [6.45, 7) is 4.30. The molecule has 102 valence electrons. The van der Waals surface area contributed by atoms with Gasteiger partial charge in [-0.05, 0) is 44.9 Å². The maximum absolute atomic E-state index is 12.7. The normalized spacial score (nSPS) is 19.2. The van der Waals surface area contributed by atoms with Gasteiger partial charge < -0.3 is 5.73 Å². The monoisotopic (exact) mass is 279 g/mol. The van der Waals surface area contributed by atoms with Gasteiger partial charge in [0, 0.05) is 17.8 Å². The molecular weight excluding hydrogens is 262 g/mol. The van der Waals surface area contributed by atoms with E-state index in [9.17, 15) is 8.42 Å². The van der Waals surface area contributed by atoms with E-state index < -0.39 is 15.6 Å². The number of nitrogens with two attached hydrogens (primary N) is 1. The van der Waals surface area contributed by atoms with E-state index in [1.165, 1.54) is 22.5 Å². The SMILES string of the molecule is CC1(C)CCCN1S(=O)(=O)c1ccc(N)cc1C#N. The Kier molecular flexibility index (Phi) is 3.29. The fraction of sp³-hybridized carbons (Fsp3) is 0.462. The highest BCUT2D eigenvalue weighted by molar-refractivity contribution is 7.89. The van der Waals surface area contributed by atoms with Crippen LogP contribution in [0.4, 0.5) is 5.69 Å². The first-order valence-electron chi connectivity index (χ1n) is 6.11. The molecule has 6 heteroatoms. The lowest BCUT2D eigenvalue weighted by Gasteiger charge is -2.30. The van der Waals surface area contributed by atoms with Crippen LogP contribution in [0.2, 0.25) is 0 Å². The highest BCUT2D eigenvalue weighted by Gasteiger charge is 2.41. The number of hydrogen-bond acceptors (Lipinski definition) is 4. The standard InChI is InChI=1S/C13H17N3O2S/c1-13(2)6-3-7-16(13)19(17,18)12-5-4-11(15)8-10(12)9-14/h4-5,8H,3,6-7,15H2,1-2H3. The number of benzene rings is 1. The molecule has 0 spiro atoms. The second-order valence-electron chi connectivity index (χ2n) is 5.36. The van der Waals surface area contributed by atoms with Gasteiger partial charge in [-0.25, -0.2) is 8.42 Å². The summed E-state index contributed by atoms with van der Waals surface area (Å²) in [5.41, 5.74) is 5.67. The average Bonchev–Trinajstić information content (AvgIpc) is 2.69. The fourth-order valence-electron chi connectivity index (χ4n) is 2.51. The van der Waals surface area contributed by atoms with E-state index in [4.69, 9.17) is 11.0 Å². The zero-order chi connectivity index (χ0) is 14.3. The van der Waals surface area contributed by atoms with Crippen molar-refractivity contribution in [1.29, 1.82) is 5.26 Å². The number of rotatable bonds is 2. The van der Waals surface area contributed by atoms with Crippen LogP contribution in [0.25, 0.3) is 0 Å². The lowest BCUT2D eigenvalue weighted by Crippen LogP contribution is -2.42. The minimum Gasteiger partial charge on any atom is -0.399 e. The third-order valence-electron chi connectivity index (χ3n) is 3.52. The molecule has 0 radical (unpaired) electrons. The molecule has 0 bridgehead atoms. The molecule has 1 heterocycles. The van der Waals surface area contributed by atoms with Gasteiger partial charge in [0.25, 0.3) is 0 Å². The van der Waals surface area contributed by atoms with E-state index in [1.807, 2.05) is 19.9 Å². The van der Waals surface area contributed by atoms with Gasteiger partial charge in [0.2, 0.25) is 10.0 Å². The second kappa shape index (κ2) is 4.51. The number of nitriles is 1. The summed E-state index contributed by atoms with van der Waals surface area (Å²) < 4.78 is 26.8. The Balaban J connectivity index is 2.55. The topological polar surface area (TPSA) is 87.2 Å². The molecule has 19 heavy (non-hydrogen) atoms. The van der Waals surface area contributed by atoms with Crippen molar-refractivity contribution < 1.29 is 8.42 Å². The van der Waals surface area contributed by atoms with Gasteiger partial charge in [-0.1, -0.05) is 0 Å². The lowest BCUT2D eigenvalue weighted by atomic mass is 10.0. The molecule has 1 saturated heterocycles. The van der Waals surface area contributed by atoms with Crippen molar-refractivity contribution in [3.63, 3.8) is 0 Å². The second-order valence-corrected chi connectivity index (χ2v) is 7.19. The number of sulfonamides is 1. The van der Waals surface area contributed by atoms with Gasteiger partial charge in [0.05, 0.1) is 5.56 Å². The first-order chi connectivity index (χ1) is 8.79. The Morgan fingerprint density at radius 1 is 1.42 bits per heavy atom. The van der Waals surface area contributed by atoms with Crippen molar-refractivity contribution in [2.24, 2.45) is 0 Å². The molecule has 0 saturated carbocycles. The van der Waals surface area contributed by atoms with Crippen molar-refractivity contribution in [2.75, 3.05) is 12.3 Å². The summed E-state index contributed by atoms with van der Waals surface area (Å²) in [4.78, 5) is 0.0409. The van der Waals surface area contributed by atoms with Gasteiger partial charge in [-0.15, -0.1) is 0 Å². The Hall–Kier alpha value is -1.58. The minimum atomic E-state index is -3.65. The predicted molar refractivity (Wildman–Crippen MR) is 72.8 cm³/mol. The van der Waals surface area contributed by atoms with Gasteiger partial charge in [0.1, 0.15) is 11.0 Å². The molecule has 1 aliphatic heterocycles. The summed E-state index contributed by atoms with van der Waals surface area (Å²) in [7, 11) is -3.65. The zero-order valence-electron chi connectivity index (χ0n) is 11.0. The van der Waals surface area contributed by atoms with Gasteiger partial charge in [0.15, 0.2) is 0 Å². The lowest BCUT2D eigenvalue weighted by molar-refractivity contribution is 0.291. The quantitative estimate of drug-likeness (QED) is 0.835. The van der Waals surface area contributed by atoms with Gasteiger partial charge in [-0.3, -0.25) is 0 Å². The van der Waals surface area contributed by atoms with Crippen molar-refractivity contribution in [1.82, 2.24) is 4.31 Å². The molecule has 2 N–H and O–H groups in total.